The Morgan fingerprint density at radius 3 is 2.48 bits per heavy atom. The van der Waals surface area contributed by atoms with Gasteiger partial charge in [-0.1, -0.05) is 41.4 Å². The molecule has 0 aromatic heterocycles. The van der Waals surface area contributed by atoms with Crippen LogP contribution >= 0.6 is 23.2 Å². The van der Waals surface area contributed by atoms with Crippen LogP contribution < -0.4 is 15.4 Å². The van der Waals surface area contributed by atoms with Gasteiger partial charge in [0.15, 0.2) is 0 Å². The van der Waals surface area contributed by atoms with Crippen molar-refractivity contribution >= 4 is 41.0 Å². The SMILES string of the molecule is COc1ccc(CNC(=O)CN2C(=O)N[C@@](C)(c3ccc(Cl)cc3Cl)C2=O)cc1. The molecule has 0 spiro atoms. The Hall–Kier alpha value is -2.77. The summed E-state index contributed by atoms with van der Waals surface area (Å²) < 4.78 is 5.09. The van der Waals surface area contributed by atoms with Crippen LogP contribution in [-0.2, 0) is 21.7 Å². The lowest BCUT2D eigenvalue weighted by Gasteiger charge is -2.23. The molecule has 2 N–H and O–H groups in total. The Labute approximate surface area is 177 Å². The number of methoxy groups -OCH3 is 1. The molecule has 4 amide bonds. The lowest BCUT2D eigenvalue weighted by Crippen LogP contribution is -2.43. The summed E-state index contributed by atoms with van der Waals surface area (Å²) in [5.74, 6) is -0.318. The maximum absolute atomic E-state index is 12.9. The monoisotopic (exact) mass is 435 g/mol. The number of rotatable bonds is 6. The molecule has 0 aliphatic carbocycles. The molecule has 3 rings (SSSR count). The molecular weight excluding hydrogens is 417 g/mol. The zero-order chi connectivity index (χ0) is 21.2. The number of urea groups is 1. The van der Waals surface area contributed by atoms with Crippen LogP contribution in [-0.4, -0.2) is 36.4 Å². The van der Waals surface area contributed by atoms with Gasteiger partial charge in [0.25, 0.3) is 5.91 Å². The number of nitrogens with one attached hydrogen (secondary N) is 2. The highest BCUT2D eigenvalue weighted by atomic mass is 35.5. The molecule has 1 heterocycles. The summed E-state index contributed by atoms with van der Waals surface area (Å²) in [4.78, 5) is 38.4. The van der Waals surface area contributed by atoms with E-state index >= 15 is 0 Å². The van der Waals surface area contributed by atoms with Gasteiger partial charge < -0.3 is 15.4 Å². The molecular formula is C20H19Cl2N3O4. The largest absolute Gasteiger partial charge is 0.497 e. The molecule has 0 unspecified atom stereocenters. The van der Waals surface area contributed by atoms with Gasteiger partial charge in [-0.05, 0) is 36.8 Å². The molecule has 2 aromatic rings. The highest BCUT2D eigenvalue weighted by molar-refractivity contribution is 6.35. The first-order valence-electron chi connectivity index (χ1n) is 8.74. The van der Waals surface area contributed by atoms with Crippen molar-refractivity contribution in [2.24, 2.45) is 0 Å². The van der Waals surface area contributed by atoms with Gasteiger partial charge in [0.1, 0.15) is 17.8 Å². The molecule has 0 bridgehead atoms. The topological polar surface area (TPSA) is 87.7 Å². The first kappa shape index (κ1) is 21.0. The van der Waals surface area contributed by atoms with Crippen LogP contribution in [0.1, 0.15) is 18.1 Å². The van der Waals surface area contributed by atoms with Crippen LogP contribution in [0.25, 0.3) is 0 Å². The summed E-state index contributed by atoms with van der Waals surface area (Å²) in [6, 6.07) is 11.2. The van der Waals surface area contributed by atoms with Gasteiger partial charge >= 0.3 is 6.03 Å². The number of hydrogen-bond donors (Lipinski definition) is 2. The van der Waals surface area contributed by atoms with Crippen molar-refractivity contribution in [3.8, 4) is 5.75 Å². The lowest BCUT2D eigenvalue weighted by atomic mass is 9.92. The third kappa shape index (κ3) is 4.31. The third-order valence-electron chi connectivity index (χ3n) is 4.70. The van der Waals surface area contributed by atoms with Crippen molar-refractivity contribution in [1.82, 2.24) is 15.5 Å². The second kappa shape index (κ2) is 8.31. The fourth-order valence-electron chi connectivity index (χ4n) is 3.06. The standard InChI is InChI=1S/C20H19Cl2N3O4/c1-20(15-8-5-13(21)9-16(15)22)18(27)25(19(28)24-20)11-17(26)23-10-12-3-6-14(29-2)7-4-12/h3-9H,10-11H2,1-2H3,(H,23,26)(H,24,28)/t20-/m0/s1. The number of nitrogens with zero attached hydrogens (tertiary/aromatic N) is 1. The summed E-state index contributed by atoms with van der Waals surface area (Å²) in [6.45, 7) is 1.39. The first-order valence-corrected chi connectivity index (χ1v) is 9.49. The maximum atomic E-state index is 12.9. The maximum Gasteiger partial charge on any atom is 0.325 e. The van der Waals surface area contributed by atoms with Crippen LogP contribution in [0.4, 0.5) is 4.79 Å². The molecule has 0 radical (unpaired) electrons. The van der Waals surface area contributed by atoms with Crippen molar-refractivity contribution in [2.75, 3.05) is 13.7 Å². The molecule has 152 valence electrons. The molecule has 7 nitrogen and oxygen atoms in total. The Morgan fingerprint density at radius 2 is 1.86 bits per heavy atom. The van der Waals surface area contributed by atoms with Crippen LogP contribution in [0.3, 0.4) is 0 Å². The molecule has 2 aromatic carbocycles. The predicted octanol–water partition coefficient (Wildman–Crippen LogP) is 3.09. The van der Waals surface area contributed by atoms with E-state index in [-0.39, 0.29) is 11.6 Å². The summed E-state index contributed by atoms with van der Waals surface area (Å²) in [7, 11) is 1.57. The van der Waals surface area contributed by atoms with Gasteiger partial charge in [-0.25, -0.2) is 4.79 Å². The second-order valence-electron chi connectivity index (χ2n) is 6.70. The third-order valence-corrected chi connectivity index (χ3v) is 5.24. The number of imide groups is 1. The molecule has 9 heteroatoms. The Bertz CT molecular complexity index is 965. The number of ether oxygens (including phenoxy) is 1. The van der Waals surface area contributed by atoms with Crippen molar-refractivity contribution in [3.63, 3.8) is 0 Å². The van der Waals surface area contributed by atoms with E-state index in [1.807, 2.05) is 12.1 Å². The van der Waals surface area contributed by atoms with E-state index in [0.29, 0.717) is 16.3 Å². The van der Waals surface area contributed by atoms with E-state index in [1.54, 1.807) is 31.4 Å². The first-order chi connectivity index (χ1) is 13.7. The summed E-state index contributed by atoms with van der Waals surface area (Å²) in [6.07, 6.45) is 0. The highest BCUT2D eigenvalue weighted by Gasteiger charge is 2.50. The second-order valence-corrected chi connectivity index (χ2v) is 7.54. The van der Waals surface area contributed by atoms with E-state index in [4.69, 9.17) is 27.9 Å². The average molecular weight is 436 g/mol. The van der Waals surface area contributed by atoms with Crippen LogP contribution in [0.15, 0.2) is 42.5 Å². The Kier molecular flexibility index (Phi) is 6.00. The van der Waals surface area contributed by atoms with Gasteiger partial charge in [-0.2, -0.15) is 0 Å². The number of benzene rings is 2. The van der Waals surface area contributed by atoms with Gasteiger partial charge in [-0.15, -0.1) is 0 Å². The van der Waals surface area contributed by atoms with Crippen LogP contribution in [0.5, 0.6) is 5.75 Å². The van der Waals surface area contributed by atoms with Crippen molar-refractivity contribution in [1.29, 1.82) is 0 Å². The van der Waals surface area contributed by atoms with E-state index in [2.05, 4.69) is 10.6 Å². The van der Waals surface area contributed by atoms with Crippen LogP contribution in [0, 0.1) is 0 Å². The van der Waals surface area contributed by atoms with E-state index < -0.39 is 29.9 Å². The zero-order valence-corrected chi connectivity index (χ0v) is 17.3. The smallest absolute Gasteiger partial charge is 0.325 e. The van der Waals surface area contributed by atoms with Crippen molar-refractivity contribution in [3.05, 3.63) is 63.6 Å². The number of carbonyl (C=O) groups excluding carboxylic acids is 3. The predicted molar refractivity (Wildman–Crippen MR) is 109 cm³/mol. The number of halogens is 2. The van der Waals surface area contributed by atoms with Gasteiger partial charge in [0.2, 0.25) is 5.91 Å². The number of hydrogen-bond acceptors (Lipinski definition) is 4. The minimum Gasteiger partial charge on any atom is -0.497 e. The summed E-state index contributed by atoms with van der Waals surface area (Å²) >= 11 is 12.1. The lowest BCUT2D eigenvalue weighted by molar-refractivity contribution is -0.134. The molecule has 1 aliphatic heterocycles. The quantitative estimate of drug-likeness (QED) is 0.682. The minimum absolute atomic E-state index is 0.249. The molecule has 1 aliphatic rings. The summed E-state index contributed by atoms with van der Waals surface area (Å²) in [5, 5.41) is 5.97. The average Bonchev–Trinajstić information content (AvgIpc) is 2.90. The molecule has 1 atom stereocenters. The molecule has 1 fully saturated rings. The fraction of sp³-hybridized carbons (Fsp3) is 0.250. The van der Waals surface area contributed by atoms with Gasteiger partial charge in [-0.3, -0.25) is 14.5 Å². The number of carbonyl (C=O) groups is 3. The molecule has 1 saturated heterocycles. The van der Waals surface area contributed by atoms with Gasteiger partial charge in [0.05, 0.1) is 7.11 Å². The van der Waals surface area contributed by atoms with Crippen molar-refractivity contribution < 1.29 is 19.1 Å². The highest BCUT2D eigenvalue weighted by Crippen LogP contribution is 2.34. The van der Waals surface area contributed by atoms with E-state index in [1.165, 1.54) is 13.0 Å². The van der Waals surface area contributed by atoms with Crippen molar-refractivity contribution in [2.45, 2.75) is 19.0 Å². The normalized spacial score (nSPS) is 18.6. The Morgan fingerprint density at radius 1 is 1.17 bits per heavy atom. The minimum atomic E-state index is -1.38. The molecule has 29 heavy (non-hydrogen) atoms. The number of amides is 4. The Balaban J connectivity index is 1.67. The zero-order valence-electron chi connectivity index (χ0n) is 15.8. The molecule has 0 saturated carbocycles. The summed E-state index contributed by atoms with van der Waals surface area (Å²) in [5.41, 5.74) is -0.119. The van der Waals surface area contributed by atoms with E-state index in [9.17, 15) is 14.4 Å². The van der Waals surface area contributed by atoms with Crippen LogP contribution in [0.2, 0.25) is 10.0 Å². The van der Waals surface area contributed by atoms with Gasteiger partial charge in [0, 0.05) is 22.2 Å². The fourth-order valence-corrected chi connectivity index (χ4v) is 3.66. The van der Waals surface area contributed by atoms with E-state index in [0.717, 1.165) is 10.5 Å².